The molecule has 6 nitrogen and oxygen atoms in total. The van der Waals surface area contributed by atoms with Crippen molar-refractivity contribution < 1.29 is 17.9 Å². The first-order valence-corrected chi connectivity index (χ1v) is 7.84. The molecule has 1 atom stereocenters. The molecule has 1 heterocycles. The van der Waals surface area contributed by atoms with Crippen molar-refractivity contribution in [3.8, 4) is 5.75 Å². The van der Waals surface area contributed by atoms with Crippen molar-refractivity contribution in [3.63, 3.8) is 0 Å². The maximum absolute atomic E-state index is 12.6. The van der Waals surface area contributed by atoms with E-state index in [0.717, 1.165) is 4.31 Å². The van der Waals surface area contributed by atoms with Crippen molar-refractivity contribution in [2.45, 2.75) is 23.8 Å². The minimum atomic E-state index is -3.88. The van der Waals surface area contributed by atoms with Gasteiger partial charge in [0.05, 0.1) is 12.1 Å². The molecule has 2 N–H and O–H groups in total. The van der Waals surface area contributed by atoms with Gasteiger partial charge in [-0.2, -0.15) is 4.31 Å². The zero-order chi connectivity index (χ0) is 14.9. The van der Waals surface area contributed by atoms with Crippen molar-refractivity contribution >= 4 is 27.5 Å². The van der Waals surface area contributed by atoms with E-state index >= 15 is 0 Å². The quantitative estimate of drug-likeness (QED) is 0.896. The molecule has 1 saturated heterocycles. The van der Waals surface area contributed by atoms with Gasteiger partial charge in [-0.1, -0.05) is 11.6 Å². The number of benzene rings is 1. The number of halogens is 1. The SMILES string of the molecule is COc1ccc(Cl)c(S(=O)(=O)N2CCCC2C(N)=O)c1. The fraction of sp³-hybridized carbons (Fsp3) is 0.417. The van der Waals surface area contributed by atoms with E-state index in [1.807, 2.05) is 0 Å². The molecule has 1 aliphatic rings. The normalized spacial score (nSPS) is 20.0. The number of rotatable bonds is 4. The van der Waals surface area contributed by atoms with E-state index in [1.165, 1.54) is 19.2 Å². The second kappa shape index (κ2) is 5.59. The first-order chi connectivity index (χ1) is 9.37. The van der Waals surface area contributed by atoms with E-state index in [-0.39, 0.29) is 16.5 Å². The first kappa shape index (κ1) is 15.1. The van der Waals surface area contributed by atoms with Crippen LogP contribution in [0.1, 0.15) is 12.8 Å². The summed E-state index contributed by atoms with van der Waals surface area (Å²) < 4.78 is 31.3. The van der Waals surface area contributed by atoms with Gasteiger partial charge in [-0.3, -0.25) is 4.79 Å². The molecule has 0 saturated carbocycles. The van der Waals surface area contributed by atoms with Crippen molar-refractivity contribution in [2.24, 2.45) is 5.73 Å². The number of primary amides is 1. The minimum absolute atomic E-state index is 0.0772. The molecule has 0 aromatic heterocycles. The van der Waals surface area contributed by atoms with E-state index in [9.17, 15) is 13.2 Å². The Morgan fingerprint density at radius 3 is 2.80 bits per heavy atom. The van der Waals surface area contributed by atoms with Crippen LogP contribution in [-0.4, -0.2) is 38.3 Å². The molecule has 1 aromatic rings. The van der Waals surface area contributed by atoms with Crippen molar-refractivity contribution in [3.05, 3.63) is 23.2 Å². The minimum Gasteiger partial charge on any atom is -0.497 e. The van der Waals surface area contributed by atoms with Gasteiger partial charge >= 0.3 is 0 Å². The summed E-state index contributed by atoms with van der Waals surface area (Å²) in [7, 11) is -2.44. The lowest BCUT2D eigenvalue weighted by molar-refractivity contribution is -0.121. The topological polar surface area (TPSA) is 89.7 Å². The van der Waals surface area contributed by atoms with Crippen LogP contribution in [0.15, 0.2) is 23.1 Å². The summed E-state index contributed by atoms with van der Waals surface area (Å²) in [5.41, 5.74) is 5.25. The number of ether oxygens (including phenoxy) is 1. The van der Waals surface area contributed by atoms with Gasteiger partial charge in [0, 0.05) is 12.6 Å². The summed E-state index contributed by atoms with van der Waals surface area (Å²) in [6.45, 7) is 0.253. The highest BCUT2D eigenvalue weighted by atomic mass is 35.5. The van der Waals surface area contributed by atoms with Crippen LogP contribution >= 0.6 is 11.6 Å². The van der Waals surface area contributed by atoms with E-state index in [4.69, 9.17) is 22.1 Å². The molecular formula is C12H15ClN2O4S. The van der Waals surface area contributed by atoms with Gasteiger partial charge in [-0.15, -0.1) is 0 Å². The Balaban J connectivity index is 2.47. The summed E-state index contributed by atoms with van der Waals surface area (Å²) in [5, 5.41) is 0.0842. The molecule has 0 radical (unpaired) electrons. The Morgan fingerprint density at radius 2 is 2.20 bits per heavy atom. The summed E-state index contributed by atoms with van der Waals surface area (Å²) in [5.74, 6) is -0.270. The fourth-order valence-corrected chi connectivity index (χ4v) is 4.40. The number of nitrogens with two attached hydrogens (primary N) is 1. The Hall–Kier alpha value is -1.31. The smallest absolute Gasteiger partial charge is 0.245 e. The third-order valence-electron chi connectivity index (χ3n) is 3.26. The zero-order valence-corrected chi connectivity index (χ0v) is 12.4. The van der Waals surface area contributed by atoms with Gasteiger partial charge in [0.2, 0.25) is 15.9 Å². The number of amides is 1. The Labute approximate surface area is 122 Å². The number of methoxy groups -OCH3 is 1. The molecule has 1 unspecified atom stereocenters. The highest BCUT2D eigenvalue weighted by Gasteiger charge is 2.39. The highest BCUT2D eigenvalue weighted by Crippen LogP contribution is 2.32. The lowest BCUT2D eigenvalue weighted by Crippen LogP contribution is -2.43. The molecule has 8 heteroatoms. The number of hydrogen-bond donors (Lipinski definition) is 1. The standard InChI is InChI=1S/C12H15ClN2O4S/c1-19-8-4-5-9(13)11(7-8)20(17,18)15-6-2-3-10(15)12(14)16/h4-5,7,10H,2-3,6H2,1H3,(H2,14,16). The molecule has 0 bridgehead atoms. The van der Waals surface area contributed by atoms with Gasteiger partial charge in [-0.25, -0.2) is 8.42 Å². The number of carbonyl (C=O) groups excluding carboxylic acids is 1. The third-order valence-corrected chi connectivity index (χ3v) is 5.65. The summed E-state index contributed by atoms with van der Waals surface area (Å²) in [4.78, 5) is 11.3. The molecule has 110 valence electrons. The number of nitrogens with zero attached hydrogens (tertiary/aromatic N) is 1. The van der Waals surface area contributed by atoms with Crippen molar-refractivity contribution in [1.82, 2.24) is 4.31 Å². The number of carbonyl (C=O) groups is 1. The van der Waals surface area contributed by atoms with Crippen LogP contribution in [0.2, 0.25) is 5.02 Å². The molecule has 0 spiro atoms. The van der Waals surface area contributed by atoms with Crippen LogP contribution in [0.4, 0.5) is 0 Å². The molecule has 20 heavy (non-hydrogen) atoms. The number of hydrogen-bond acceptors (Lipinski definition) is 4. The maximum atomic E-state index is 12.6. The van der Waals surface area contributed by atoms with E-state index in [0.29, 0.717) is 18.6 Å². The van der Waals surface area contributed by atoms with Crippen molar-refractivity contribution in [1.29, 1.82) is 0 Å². The predicted octanol–water partition coefficient (Wildman–Crippen LogP) is 0.987. The van der Waals surface area contributed by atoms with E-state index in [1.54, 1.807) is 6.07 Å². The second-order valence-corrected chi connectivity index (χ2v) is 6.74. The molecule has 0 aliphatic carbocycles. The Kier molecular flexibility index (Phi) is 4.22. The van der Waals surface area contributed by atoms with Gasteiger partial charge in [0.15, 0.2) is 0 Å². The first-order valence-electron chi connectivity index (χ1n) is 6.02. The van der Waals surface area contributed by atoms with Crippen LogP contribution in [0.5, 0.6) is 5.75 Å². The zero-order valence-electron chi connectivity index (χ0n) is 10.9. The van der Waals surface area contributed by atoms with Crippen LogP contribution in [-0.2, 0) is 14.8 Å². The Morgan fingerprint density at radius 1 is 1.50 bits per heavy atom. The summed E-state index contributed by atoms with van der Waals surface area (Å²) in [6.07, 6.45) is 1.02. The Bertz CT molecular complexity index is 632. The van der Waals surface area contributed by atoms with Gasteiger partial charge in [0.1, 0.15) is 16.7 Å². The predicted molar refractivity (Wildman–Crippen MR) is 74.1 cm³/mol. The molecule has 1 aliphatic heterocycles. The third kappa shape index (κ3) is 2.61. The highest BCUT2D eigenvalue weighted by molar-refractivity contribution is 7.89. The average molecular weight is 319 g/mol. The van der Waals surface area contributed by atoms with Crippen LogP contribution < -0.4 is 10.5 Å². The fourth-order valence-electron chi connectivity index (χ4n) is 2.25. The van der Waals surface area contributed by atoms with Crippen LogP contribution in [0, 0.1) is 0 Å². The lowest BCUT2D eigenvalue weighted by Gasteiger charge is -2.22. The molecule has 2 rings (SSSR count). The van der Waals surface area contributed by atoms with E-state index in [2.05, 4.69) is 0 Å². The van der Waals surface area contributed by atoms with Gasteiger partial charge in [0.25, 0.3) is 0 Å². The van der Waals surface area contributed by atoms with Gasteiger partial charge in [-0.05, 0) is 25.0 Å². The summed E-state index contributed by atoms with van der Waals surface area (Å²) >= 11 is 5.97. The number of sulfonamides is 1. The molecular weight excluding hydrogens is 304 g/mol. The summed E-state index contributed by atoms with van der Waals surface area (Å²) in [6, 6.07) is 3.54. The lowest BCUT2D eigenvalue weighted by atomic mass is 10.2. The average Bonchev–Trinajstić information content (AvgIpc) is 2.89. The van der Waals surface area contributed by atoms with Crippen LogP contribution in [0.25, 0.3) is 0 Å². The van der Waals surface area contributed by atoms with Crippen molar-refractivity contribution in [2.75, 3.05) is 13.7 Å². The van der Waals surface area contributed by atoms with Gasteiger partial charge < -0.3 is 10.5 Å². The second-order valence-electron chi connectivity index (χ2n) is 4.47. The molecule has 1 amide bonds. The maximum Gasteiger partial charge on any atom is 0.245 e. The molecule has 1 aromatic carbocycles. The van der Waals surface area contributed by atoms with E-state index < -0.39 is 22.0 Å². The molecule has 1 fully saturated rings. The monoisotopic (exact) mass is 318 g/mol. The van der Waals surface area contributed by atoms with Crippen LogP contribution in [0.3, 0.4) is 0 Å². The largest absolute Gasteiger partial charge is 0.497 e.